The van der Waals surface area contributed by atoms with Gasteiger partial charge in [-0.05, 0) is 19.3 Å². The van der Waals surface area contributed by atoms with E-state index < -0.39 is 10.0 Å². The Morgan fingerprint density at radius 2 is 1.81 bits per heavy atom. The van der Waals surface area contributed by atoms with Crippen LogP contribution in [0.3, 0.4) is 0 Å². The molecule has 92 valence electrons. The Bertz CT molecular complexity index is 357. The maximum absolute atomic E-state index is 11.9. The Labute approximate surface area is 97.1 Å². The van der Waals surface area contributed by atoms with Crippen molar-refractivity contribution in [2.75, 3.05) is 18.8 Å². The van der Waals surface area contributed by atoms with Gasteiger partial charge < -0.3 is 0 Å². The Hall–Kier alpha value is -0.420. The van der Waals surface area contributed by atoms with Gasteiger partial charge in [0.2, 0.25) is 10.0 Å². The van der Waals surface area contributed by atoms with Crippen LogP contribution in [-0.4, -0.2) is 37.3 Å². The van der Waals surface area contributed by atoms with Crippen LogP contribution in [0, 0.1) is 5.92 Å². The molecule has 1 saturated heterocycles. The van der Waals surface area contributed by atoms with E-state index in [2.05, 4.69) is 0 Å². The lowest BCUT2D eigenvalue weighted by atomic mass is 9.86. The summed E-state index contributed by atoms with van der Waals surface area (Å²) in [5.74, 6) is 0.458. The van der Waals surface area contributed by atoms with E-state index in [1.807, 2.05) is 0 Å². The Balaban J connectivity index is 1.91. The highest BCUT2D eigenvalue weighted by Crippen LogP contribution is 2.25. The molecule has 0 atom stereocenters. The van der Waals surface area contributed by atoms with Crippen molar-refractivity contribution < 1.29 is 13.2 Å². The molecule has 0 aromatic rings. The fraction of sp³-hybridized carbons (Fsp3) is 0.909. The van der Waals surface area contributed by atoms with Gasteiger partial charge in [-0.3, -0.25) is 4.79 Å². The lowest BCUT2D eigenvalue weighted by Crippen LogP contribution is -2.35. The van der Waals surface area contributed by atoms with Crippen molar-refractivity contribution in [3.63, 3.8) is 0 Å². The number of carbonyl (C=O) groups is 1. The molecule has 1 heterocycles. The van der Waals surface area contributed by atoms with E-state index in [1.165, 1.54) is 10.7 Å². The summed E-state index contributed by atoms with van der Waals surface area (Å²) in [5.41, 5.74) is 0. The number of hydrogen-bond acceptors (Lipinski definition) is 3. The van der Waals surface area contributed by atoms with Crippen molar-refractivity contribution in [2.45, 2.75) is 38.5 Å². The van der Waals surface area contributed by atoms with Gasteiger partial charge in [-0.2, -0.15) is 4.31 Å². The van der Waals surface area contributed by atoms with Crippen LogP contribution >= 0.6 is 0 Å². The molecule has 1 saturated carbocycles. The van der Waals surface area contributed by atoms with Gasteiger partial charge in [0.1, 0.15) is 0 Å². The van der Waals surface area contributed by atoms with Crippen LogP contribution in [0.4, 0.5) is 0 Å². The highest BCUT2D eigenvalue weighted by atomic mass is 32.2. The Morgan fingerprint density at radius 3 is 2.38 bits per heavy atom. The number of ketones is 1. The number of sulfonamides is 1. The van der Waals surface area contributed by atoms with Gasteiger partial charge in [0.05, 0.1) is 12.3 Å². The molecule has 0 bridgehead atoms. The van der Waals surface area contributed by atoms with Gasteiger partial charge in [-0.1, -0.05) is 19.3 Å². The van der Waals surface area contributed by atoms with Crippen molar-refractivity contribution in [3.05, 3.63) is 0 Å². The molecule has 0 N–H and O–H groups in total. The van der Waals surface area contributed by atoms with E-state index in [0.717, 1.165) is 25.7 Å². The summed E-state index contributed by atoms with van der Waals surface area (Å²) in [5, 5.41) is 0. The fourth-order valence-electron chi connectivity index (χ4n) is 2.60. The van der Waals surface area contributed by atoms with Crippen molar-refractivity contribution in [3.8, 4) is 0 Å². The predicted molar refractivity (Wildman–Crippen MR) is 61.6 cm³/mol. The molecule has 4 nitrogen and oxygen atoms in total. The molecule has 0 aromatic heterocycles. The first kappa shape index (κ1) is 12.0. The molecule has 0 unspecified atom stereocenters. The number of Topliss-reactive ketones (excluding diaryl/α,β-unsaturated/α-hetero) is 1. The molecule has 0 radical (unpaired) electrons. The quantitative estimate of drug-likeness (QED) is 0.750. The van der Waals surface area contributed by atoms with Crippen LogP contribution in [0.5, 0.6) is 0 Å². The van der Waals surface area contributed by atoms with E-state index in [1.54, 1.807) is 0 Å². The highest BCUT2D eigenvalue weighted by Gasteiger charge is 2.32. The lowest BCUT2D eigenvalue weighted by molar-refractivity contribution is -0.123. The molecule has 2 rings (SSSR count). The van der Waals surface area contributed by atoms with E-state index in [-0.39, 0.29) is 24.0 Å². The zero-order chi connectivity index (χ0) is 11.6. The fourth-order valence-corrected chi connectivity index (χ4v) is 4.08. The Morgan fingerprint density at radius 1 is 1.12 bits per heavy atom. The lowest BCUT2D eigenvalue weighted by Gasteiger charge is -2.22. The number of carbonyl (C=O) groups excluding carboxylic acids is 1. The second-order valence-corrected chi connectivity index (χ2v) is 6.89. The van der Waals surface area contributed by atoms with Crippen molar-refractivity contribution in [1.29, 1.82) is 0 Å². The second-order valence-electron chi connectivity index (χ2n) is 4.80. The minimum Gasteiger partial charge on any atom is -0.298 e. The predicted octanol–water partition coefficient (Wildman–Crippen LogP) is 1.17. The average Bonchev–Trinajstić information content (AvgIpc) is 2.59. The first-order valence-electron chi connectivity index (χ1n) is 6.10. The highest BCUT2D eigenvalue weighted by molar-refractivity contribution is 7.89. The van der Waals surface area contributed by atoms with Crippen LogP contribution < -0.4 is 0 Å². The first-order valence-corrected chi connectivity index (χ1v) is 7.71. The summed E-state index contributed by atoms with van der Waals surface area (Å²) in [7, 11) is -3.11. The third kappa shape index (κ3) is 2.63. The molecule has 16 heavy (non-hydrogen) atoms. The van der Waals surface area contributed by atoms with Gasteiger partial charge in [0, 0.05) is 12.5 Å². The summed E-state index contributed by atoms with van der Waals surface area (Å²) in [6.07, 6.45) is 6.01. The largest absolute Gasteiger partial charge is 0.298 e. The van der Waals surface area contributed by atoms with E-state index >= 15 is 0 Å². The van der Waals surface area contributed by atoms with Crippen molar-refractivity contribution in [1.82, 2.24) is 4.31 Å². The zero-order valence-electron chi connectivity index (χ0n) is 9.52. The number of hydrogen-bond donors (Lipinski definition) is 0. The van der Waals surface area contributed by atoms with Crippen LogP contribution in [0.2, 0.25) is 0 Å². The molecule has 1 aliphatic carbocycles. The monoisotopic (exact) mass is 245 g/mol. The topological polar surface area (TPSA) is 54.5 Å². The summed E-state index contributed by atoms with van der Waals surface area (Å²) < 4.78 is 24.5. The summed E-state index contributed by atoms with van der Waals surface area (Å²) in [6.45, 7) is 0.647. The summed E-state index contributed by atoms with van der Waals surface area (Å²) in [6, 6.07) is 0. The Kier molecular flexibility index (Phi) is 3.64. The summed E-state index contributed by atoms with van der Waals surface area (Å²) >= 11 is 0. The second kappa shape index (κ2) is 4.84. The van der Waals surface area contributed by atoms with Crippen molar-refractivity contribution >= 4 is 15.8 Å². The van der Waals surface area contributed by atoms with Gasteiger partial charge >= 0.3 is 0 Å². The van der Waals surface area contributed by atoms with E-state index in [4.69, 9.17) is 0 Å². The maximum atomic E-state index is 11.9. The molecule has 0 amide bonds. The third-order valence-corrected chi connectivity index (χ3v) is 5.50. The number of rotatable bonds is 3. The standard InChI is InChI=1S/C11H19NO3S/c13-11(10-5-2-1-3-6-10)9-12-7-4-8-16(12,14)15/h10H,1-9H2. The van der Waals surface area contributed by atoms with Gasteiger partial charge in [-0.25, -0.2) is 8.42 Å². The molecule has 5 heteroatoms. The van der Waals surface area contributed by atoms with Gasteiger partial charge in [0.15, 0.2) is 5.78 Å². The van der Waals surface area contributed by atoms with E-state index in [0.29, 0.717) is 13.0 Å². The molecule has 1 aliphatic heterocycles. The smallest absolute Gasteiger partial charge is 0.214 e. The van der Waals surface area contributed by atoms with Crippen molar-refractivity contribution in [2.24, 2.45) is 5.92 Å². The van der Waals surface area contributed by atoms with Crippen LogP contribution in [-0.2, 0) is 14.8 Å². The molecule has 2 fully saturated rings. The average molecular weight is 245 g/mol. The molecular formula is C11H19NO3S. The van der Waals surface area contributed by atoms with Crippen LogP contribution in [0.1, 0.15) is 38.5 Å². The van der Waals surface area contributed by atoms with Gasteiger partial charge in [0.25, 0.3) is 0 Å². The molecule has 0 spiro atoms. The maximum Gasteiger partial charge on any atom is 0.214 e. The minimum absolute atomic E-state index is 0.115. The number of nitrogens with zero attached hydrogens (tertiary/aromatic N) is 1. The third-order valence-electron chi connectivity index (χ3n) is 3.60. The van der Waals surface area contributed by atoms with Crippen LogP contribution in [0.15, 0.2) is 0 Å². The summed E-state index contributed by atoms with van der Waals surface area (Å²) in [4.78, 5) is 11.9. The molecule has 2 aliphatic rings. The van der Waals surface area contributed by atoms with Crippen LogP contribution in [0.25, 0.3) is 0 Å². The molecule has 0 aromatic carbocycles. The first-order chi connectivity index (χ1) is 7.59. The van der Waals surface area contributed by atoms with E-state index in [9.17, 15) is 13.2 Å². The minimum atomic E-state index is -3.11. The molecular weight excluding hydrogens is 226 g/mol. The zero-order valence-corrected chi connectivity index (χ0v) is 10.3. The van der Waals surface area contributed by atoms with Gasteiger partial charge in [-0.15, -0.1) is 0 Å². The normalized spacial score (nSPS) is 27.0. The SMILES string of the molecule is O=C(CN1CCCS1(=O)=O)C1CCCCC1.